The van der Waals surface area contributed by atoms with Crippen LogP contribution in [0.2, 0.25) is 0 Å². The van der Waals surface area contributed by atoms with E-state index in [4.69, 9.17) is 0 Å². The maximum atomic E-state index is 12.9. The maximum absolute atomic E-state index is 12.9. The smallest absolute Gasteiger partial charge is 0.306 e. The first-order valence-corrected chi connectivity index (χ1v) is 7.22. The van der Waals surface area contributed by atoms with Gasteiger partial charge in [0.15, 0.2) is 0 Å². The zero-order chi connectivity index (χ0) is 15.5. The molecule has 1 heterocycles. The Balaban J connectivity index is 2.50. The molecule has 0 spiro atoms. The van der Waals surface area contributed by atoms with Gasteiger partial charge in [0.1, 0.15) is 0 Å². The first kappa shape index (κ1) is 16.0. The molecule has 0 bridgehead atoms. The number of alkyl halides is 3. The topological polar surface area (TPSA) is 24.9 Å². The Morgan fingerprint density at radius 2 is 2.05 bits per heavy atom. The van der Waals surface area contributed by atoms with Crippen LogP contribution >= 0.6 is 15.9 Å². The van der Waals surface area contributed by atoms with E-state index < -0.39 is 11.7 Å². The highest BCUT2D eigenvalue weighted by Crippen LogP contribution is 2.35. The Morgan fingerprint density at radius 1 is 1.29 bits per heavy atom. The van der Waals surface area contributed by atoms with Crippen LogP contribution in [0, 0.1) is 0 Å². The lowest BCUT2D eigenvalue weighted by molar-refractivity contribution is -0.137. The molecule has 0 aliphatic rings. The fraction of sp³-hybridized carbons (Fsp3) is 0.267. The molecule has 112 valence electrons. The van der Waals surface area contributed by atoms with Gasteiger partial charge in [-0.3, -0.25) is 4.98 Å². The van der Waals surface area contributed by atoms with Crippen molar-refractivity contribution in [2.45, 2.75) is 19.1 Å². The van der Waals surface area contributed by atoms with Crippen LogP contribution in [0.25, 0.3) is 0 Å². The maximum Gasteiger partial charge on any atom is 0.416 e. The first-order chi connectivity index (χ1) is 9.93. The molecule has 1 unspecified atom stereocenters. The highest BCUT2D eigenvalue weighted by atomic mass is 79.9. The van der Waals surface area contributed by atoms with Crippen LogP contribution in [0.4, 0.5) is 13.2 Å². The minimum absolute atomic E-state index is 0.347. The van der Waals surface area contributed by atoms with Crippen molar-refractivity contribution in [2.24, 2.45) is 0 Å². The number of nitrogens with one attached hydrogen (secondary N) is 1. The van der Waals surface area contributed by atoms with Crippen molar-refractivity contribution in [3.8, 4) is 0 Å². The molecular weight excluding hydrogens is 345 g/mol. The average Bonchev–Trinajstić information content (AvgIpc) is 2.45. The minimum atomic E-state index is -4.36. The van der Waals surface area contributed by atoms with Gasteiger partial charge in [-0.1, -0.05) is 28.9 Å². The number of benzene rings is 1. The summed E-state index contributed by atoms with van der Waals surface area (Å²) in [5.74, 6) is 0. The summed E-state index contributed by atoms with van der Waals surface area (Å²) in [4.78, 5) is 4.04. The van der Waals surface area contributed by atoms with Crippen molar-refractivity contribution in [2.75, 3.05) is 6.54 Å². The average molecular weight is 359 g/mol. The van der Waals surface area contributed by atoms with E-state index in [1.807, 2.05) is 13.0 Å². The Morgan fingerprint density at radius 3 is 2.62 bits per heavy atom. The van der Waals surface area contributed by atoms with Gasteiger partial charge in [-0.05, 0) is 41.9 Å². The molecular formula is C15H14BrF3N2. The molecule has 0 fully saturated rings. The lowest BCUT2D eigenvalue weighted by Crippen LogP contribution is -2.23. The van der Waals surface area contributed by atoms with Gasteiger partial charge >= 0.3 is 6.18 Å². The summed E-state index contributed by atoms with van der Waals surface area (Å²) in [5.41, 5.74) is 0.701. The van der Waals surface area contributed by atoms with Crippen LogP contribution < -0.4 is 5.32 Å². The molecule has 2 nitrogen and oxygen atoms in total. The summed E-state index contributed by atoms with van der Waals surface area (Å²) < 4.78 is 39.3. The van der Waals surface area contributed by atoms with E-state index in [1.54, 1.807) is 18.5 Å². The zero-order valence-corrected chi connectivity index (χ0v) is 12.9. The van der Waals surface area contributed by atoms with Gasteiger partial charge in [-0.25, -0.2) is 0 Å². The molecule has 0 aliphatic carbocycles. The number of hydrogen-bond donors (Lipinski definition) is 1. The van der Waals surface area contributed by atoms with Crippen LogP contribution in [0.5, 0.6) is 0 Å². The quantitative estimate of drug-likeness (QED) is 0.866. The van der Waals surface area contributed by atoms with E-state index in [0.717, 1.165) is 11.6 Å². The second kappa shape index (κ2) is 6.58. The number of nitrogens with zero attached hydrogens (tertiary/aromatic N) is 1. The van der Waals surface area contributed by atoms with E-state index in [2.05, 4.69) is 26.2 Å². The van der Waals surface area contributed by atoms with Gasteiger partial charge in [-0.15, -0.1) is 0 Å². The molecule has 0 radical (unpaired) electrons. The lowest BCUT2D eigenvalue weighted by atomic mass is 9.98. The second-order valence-corrected chi connectivity index (χ2v) is 5.37. The third-order valence-electron chi connectivity index (χ3n) is 3.06. The third kappa shape index (κ3) is 3.83. The monoisotopic (exact) mass is 358 g/mol. The van der Waals surface area contributed by atoms with Gasteiger partial charge in [0, 0.05) is 16.9 Å². The van der Waals surface area contributed by atoms with E-state index in [-0.39, 0.29) is 6.04 Å². The summed E-state index contributed by atoms with van der Waals surface area (Å²) in [5, 5.41) is 3.20. The Kier molecular flexibility index (Phi) is 5.00. The fourth-order valence-electron chi connectivity index (χ4n) is 2.10. The highest BCUT2D eigenvalue weighted by molar-refractivity contribution is 9.10. The summed E-state index contributed by atoms with van der Waals surface area (Å²) in [7, 11) is 0. The predicted octanol–water partition coefficient (Wildman–Crippen LogP) is 4.56. The van der Waals surface area contributed by atoms with Crippen molar-refractivity contribution < 1.29 is 13.2 Å². The van der Waals surface area contributed by atoms with Gasteiger partial charge in [0.05, 0.1) is 11.6 Å². The summed E-state index contributed by atoms with van der Waals surface area (Å²) in [6.45, 7) is 2.53. The van der Waals surface area contributed by atoms with Crippen molar-refractivity contribution in [3.05, 3.63) is 63.9 Å². The fourth-order valence-corrected chi connectivity index (χ4v) is 2.58. The standard InChI is InChI=1S/C15H14BrF3N2/c1-2-21-14(10-4-3-7-20-9-10)12-8-11(15(17,18)19)5-6-13(12)16/h3-9,14,21H,2H2,1H3. The molecule has 6 heteroatoms. The molecule has 0 saturated carbocycles. The normalized spacial score (nSPS) is 13.2. The third-order valence-corrected chi connectivity index (χ3v) is 3.78. The summed E-state index contributed by atoms with van der Waals surface area (Å²) in [6.07, 6.45) is -1.07. The minimum Gasteiger partial charge on any atom is -0.306 e. The van der Waals surface area contributed by atoms with Crippen LogP contribution in [0.15, 0.2) is 47.2 Å². The van der Waals surface area contributed by atoms with E-state index in [9.17, 15) is 13.2 Å². The first-order valence-electron chi connectivity index (χ1n) is 6.43. The predicted molar refractivity (Wildman–Crippen MR) is 78.9 cm³/mol. The number of hydrogen-bond acceptors (Lipinski definition) is 2. The summed E-state index contributed by atoms with van der Waals surface area (Å²) >= 11 is 3.34. The Hall–Kier alpha value is -1.40. The van der Waals surface area contributed by atoms with Gasteiger partial charge in [0.2, 0.25) is 0 Å². The molecule has 1 aromatic carbocycles. The second-order valence-electron chi connectivity index (χ2n) is 4.51. The van der Waals surface area contributed by atoms with Gasteiger partial charge in [-0.2, -0.15) is 13.2 Å². The molecule has 1 aromatic heterocycles. The highest BCUT2D eigenvalue weighted by Gasteiger charge is 2.31. The molecule has 0 aliphatic heterocycles. The van der Waals surface area contributed by atoms with Crippen molar-refractivity contribution in [1.29, 1.82) is 0 Å². The molecule has 0 amide bonds. The lowest BCUT2D eigenvalue weighted by Gasteiger charge is -2.21. The van der Waals surface area contributed by atoms with Crippen molar-refractivity contribution in [1.82, 2.24) is 10.3 Å². The number of aromatic nitrogens is 1. The van der Waals surface area contributed by atoms with Crippen LogP contribution in [0.3, 0.4) is 0 Å². The van der Waals surface area contributed by atoms with E-state index in [0.29, 0.717) is 16.6 Å². The molecule has 21 heavy (non-hydrogen) atoms. The molecule has 2 aromatic rings. The molecule has 1 N–H and O–H groups in total. The Labute approximate surface area is 129 Å². The van der Waals surface area contributed by atoms with E-state index >= 15 is 0 Å². The van der Waals surface area contributed by atoms with Gasteiger partial charge in [0.25, 0.3) is 0 Å². The van der Waals surface area contributed by atoms with Crippen LogP contribution in [-0.4, -0.2) is 11.5 Å². The molecule has 1 atom stereocenters. The van der Waals surface area contributed by atoms with E-state index in [1.165, 1.54) is 12.1 Å². The molecule has 0 saturated heterocycles. The number of rotatable bonds is 4. The zero-order valence-electron chi connectivity index (χ0n) is 11.3. The van der Waals surface area contributed by atoms with Crippen LogP contribution in [-0.2, 0) is 6.18 Å². The van der Waals surface area contributed by atoms with Crippen molar-refractivity contribution >= 4 is 15.9 Å². The summed E-state index contributed by atoms with van der Waals surface area (Å²) in [6, 6.07) is 6.93. The number of pyridine rings is 1. The largest absolute Gasteiger partial charge is 0.416 e. The number of halogens is 4. The van der Waals surface area contributed by atoms with Crippen LogP contribution in [0.1, 0.15) is 29.7 Å². The van der Waals surface area contributed by atoms with Crippen molar-refractivity contribution in [3.63, 3.8) is 0 Å². The molecule has 2 rings (SSSR count). The van der Waals surface area contributed by atoms with Gasteiger partial charge < -0.3 is 5.32 Å². The SMILES string of the molecule is CCNC(c1cccnc1)c1cc(C(F)(F)F)ccc1Br. The Bertz CT molecular complexity index is 600.